The Morgan fingerprint density at radius 2 is 1.85 bits per heavy atom. The lowest BCUT2D eigenvalue weighted by atomic mass is 9.72. The summed E-state index contributed by atoms with van der Waals surface area (Å²) in [6.45, 7) is 8.20. The van der Waals surface area contributed by atoms with E-state index in [0.29, 0.717) is 6.04 Å². The molecule has 4 unspecified atom stereocenters. The van der Waals surface area contributed by atoms with Crippen LogP contribution in [-0.2, 0) is 0 Å². The molecule has 0 aromatic heterocycles. The predicted octanol–water partition coefficient (Wildman–Crippen LogP) is 5.56. The van der Waals surface area contributed by atoms with Crippen molar-refractivity contribution < 1.29 is 0 Å². The minimum Gasteiger partial charge on any atom is -0.310 e. The number of hydrogen-bond acceptors (Lipinski definition) is 1. The molecular weight excluding hydrogens is 310 g/mol. The van der Waals surface area contributed by atoms with Crippen LogP contribution in [0.1, 0.15) is 58.1 Å². The van der Waals surface area contributed by atoms with Crippen LogP contribution in [0.5, 0.6) is 0 Å². The molecule has 4 atom stereocenters. The molecule has 0 amide bonds. The van der Waals surface area contributed by atoms with Crippen molar-refractivity contribution in [3.63, 3.8) is 0 Å². The summed E-state index contributed by atoms with van der Waals surface area (Å²) in [5.41, 5.74) is 1.45. The molecule has 0 bridgehead atoms. The molecule has 112 valence electrons. The maximum absolute atomic E-state index is 3.79. The first-order valence-corrected chi connectivity index (χ1v) is 8.90. The Bertz CT molecular complexity index is 400. The summed E-state index contributed by atoms with van der Waals surface area (Å²) in [5, 5.41) is 3.79. The van der Waals surface area contributed by atoms with Crippen molar-refractivity contribution in [2.75, 3.05) is 6.54 Å². The second-order valence-corrected chi connectivity index (χ2v) is 7.43. The van der Waals surface area contributed by atoms with E-state index in [1.807, 2.05) is 0 Å². The van der Waals surface area contributed by atoms with Crippen LogP contribution in [0.4, 0.5) is 0 Å². The Morgan fingerprint density at radius 3 is 2.45 bits per heavy atom. The fraction of sp³-hybridized carbons (Fsp3) is 0.667. The summed E-state index contributed by atoms with van der Waals surface area (Å²) in [6.07, 6.45) is 5.31. The third-order valence-electron chi connectivity index (χ3n) is 4.95. The van der Waals surface area contributed by atoms with Gasteiger partial charge in [0, 0.05) is 10.5 Å². The smallest absolute Gasteiger partial charge is 0.0348 e. The Balaban J connectivity index is 2.12. The molecule has 1 saturated carbocycles. The Kier molecular flexibility index (Phi) is 6.10. The highest BCUT2D eigenvalue weighted by molar-refractivity contribution is 9.10. The number of hydrogen-bond donors (Lipinski definition) is 1. The standard InChI is InChI=1S/C18H28BrN/c1-4-11-20-18(15-7-9-17(19)10-8-15)16-6-5-13(2)14(3)12-16/h7-10,13-14,16,18,20H,4-6,11-12H2,1-3H3. The lowest BCUT2D eigenvalue weighted by Crippen LogP contribution is -2.33. The summed E-state index contributed by atoms with van der Waals surface area (Å²) >= 11 is 3.54. The molecule has 2 rings (SSSR count). The first-order chi connectivity index (χ1) is 9.61. The van der Waals surface area contributed by atoms with Crippen molar-refractivity contribution in [1.29, 1.82) is 0 Å². The van der Waals surface area contributed by atoms with E-state index in [1.165, 1.54) is 35.7 Å². The quantitative estimate of drug-likeness (QED) is 0.741. The van der Waals surface area contributed by atoms with Crippen LogP contribution in [0.2, 0.25) is 0 Å². The van der Waals surface area contributed by atoms with Gasteiger partial charge in [0.25, 0.3) is 0 Å². The van der Waals surface area contributed by atoms with Gasteiger partial charge in [-0.05, 0) is 61.3 Å². The van der Waals surface area contributed by atoms with Crippen molar-refractivity contribution in [3.05, 3.63) is 34.3 Å². The Labute approximate surface area is 132 Å². The van der Waals surface area contributed by atoms with Gasteiger partial charge in [-0.1, -0.05) is 55.3 Å². The zero-order valence-electron chi connectivity index (χ0n) is 13.0. The van der Waals surface area contributed by atoms with Crippen LogP contribution in [0.25, 0.3) is 0 Å². The number of nitrogens with one attached hydrogen (secondary N) is 1. The molecule has 1 aromatic rings. The second kappa shape index (κ2) is 7.61. The molecule has 0 aliphatic heterocycles. The maximum Gasteiger partial charge on any atom is 0.0348 e. The van der Waals surface area contributed by atoms with Crippen LogP contribution >= 0.6 is 15.9 Å². The second-order valence-electron chi connectivity index (χ2n) is 6.51. The molecule has 1 nitrogen and oxygen atoms in total. The fourth-order valence-corrected chi connectivity index (χ4v) is 3.68. The highest BCUT2D eigenvalue weighted by atomic mass is 79.9. The van der Waals surface area contributed by atoms with Gasteiger partial charge in [0.15, 0.2) is 0 Å². The van der Waals surface area contributed by atoms with Crippen molar-refractivity contribution in [3.8, 4) is 0 Å². The molecular formula is C18H28BrN. The van der Waals surface area contributed by atoms with Gasteiger partial charge in [-0.25, -0.2) is 0 Å². The van der Waals surface area contributed by atoms with Gasteiger partial charge in [0.1, 0.15) is 0 Å². The minimum absolute atomic E-state index is 0.526. The number of benzene rings is 1. The van der Waals surface area contributed by atoms with Crippen LogP contribution in [-0.4, -0.2) is 6.54 Å². The van der Waals surface area contributed by atoms with Crippen molar-refractivity contribution >= 4 is 15.9 Å². The third-order valence-corrected chi connectivity index (χ3v) is 5.48. The largest absolute Gasteiger partial charge is 0.310 e. The summed E-state index contributed by atoms with van der Waals surface area (Å²) in [7, 11) is 0. The third kappa shape index (κ3) is 4.08. The van der Waals surface area contributed by atoms with E-state index in [1.54, 1.807) is 0 Å². The lowest BCUT2D eigenvalue weighted by molar-refractivity contribution is 0.171. The summed E-state index contributed by atoms with van der Waals surface area (Å²) in [5.74, 6) is 2.53. The molecule has 1 aliphatic rings. The lowest BCUT2D eigenvalue weighted by Gasteiger charge is -2.37. The predicted molar refractivity (Wildman–Crippen MR) is 90.8 cm³/mol. The molecule has 1 fully saturated rings. The van der Waals surface area contributed by atoms with Crippen LogP contribution in [0.15, 0.2) is 28.7 Å². The van der Waals surface area contributed by atoms with Crippen molar-refractivity contribution in [2.24, 2.45) is 17.8 Å². The highest BCUT2D eigenvalue weighted by Gasteiger charge is 2.30. The molecule has 1 aliphatic carbocycles. The van der Waals surface area contributed by atoms with Gasteiger partial charge in [-0.15, -0.1) is 0 Å². The SMILES string of the molecule is CCCNC(c1ccc(Br)cc1)C1CCC(C)C(C)C1. The molecule has 0 radical (unpaired) electrons. The van der Waals surface area contributed by atoms with Crippen molar-refractivity contribution in [1.82, 2.24) is 5.32 Å². The van der Waals surface area contributed by atoms with E-state index in [2.05, 4.69) is 66.3 Å². The van der Waals surface area contributed by atoms with Gasteiger partial charge in [0.2, 0.25) is 0 Å². The van der Waals surface area contributed by atoms with Crippen LogP contribution < -0.4 is 5.32 Å². The molecule has 1 aromatic carbocycles. The normalized spacial score (nSPS) is 28.3. The summed E-state index contributed by atoms with van der Waals surface area (Å²) in [4.78, 5) is 0. The maximum atomic E-state index is 3.79. The number of halogens is 1. The van der Waals surface area contributed by atoms with Crippen LogP contribution in [0.3, 0.4) is 0 Å². The average Bonchev–Trinajstić information content (AvgIpc) is 2.45. The zero-order valence-corrected chi connectivity index (χ0v) is 14.6. The van der Waals surface area contributed by atoms with Crippen molar-refractivity contribution in [2.45, 2.75) is 52.5 Å². The minimum atomic E-state index is 0.526. The Hall–Kier alpha value is -0.340. The van der Waals surface area contributed by atoms with Gasteiger partial charge in [0.05, 0.1) is 0 Å². The molecule has 20 heavy (non-hydrogen) atoms. The van der Waals surface area contributed by atoms with E-state index in [9.17, 15) is 0 Å². The summed E-state index contributed by atoms with van der Waals surface area (Å²) < 4.78 is 1.17. The van der Waals surface area contributed by atoms with Gasteiger partial charge in [-0.2, -0.15) is 0 Å². The fourth-order valence-electron chi connectivity index (χ4n) is 3.42. The molecule has 2 heteroatoms. The van der Waals surface area contributed by atoms with Crippen LogP contribution in [0, 0.1) is 17.8 Å². The molecule has 0 heterocycles. The van der Waals surface area contributed by atoms with Gasteiger partial charge >= 0.3 is 0 Å². The van der Waals surface area contributed by atoms with E-state index in [4.69, 9.17) is 0 Å². The molecule has 0 saturated heterocycles. The van der Waals surface area contributed by atoms with E-state index >= 15 is 0 Å². The summed E-state index contributed by atoms with van der Waals surface area (Å²) in [6, 6.07) is 9.42. The van der Waals surface area contributed by atoms with E-state index in [-0.39, 0.29) is 0 Å². The van der Waals surface area contributed by atoms with Gasteiger partial charge in [-0.3, -0.25) is 0 Å². The topological polar surface area (TPSA) is 12.0 Å². The molecule has 0 spiro atoms. The van der Waals surface area contributed by atoms with Gasteiger partial charge < -0.3 is 5.32 Å². The zero-order chi connectivity index (χ0) is 14.5. The Morgan fingerprint density at radius 1 is 1.15 bits per heavy atom. The first kappa shape index (κ1) is 16.0. The number of rotatable bonds is 5. The van der Waals surface area contributed by atoms with E-state index in [0.717, 1.165) is 24.3 Å². The average molecular weight is 338 g/mol. The monoisotopic (exact) mass is 337 g/mol. The first-order valence-electron chi connectivity index (χ1n) is 8.10. The highest BCUT2D eigenvalue weighted by Crippen LogP contribution is 2.40. The van der Waals surface area contributed by atoms with E-state index < -0.39 is 0 Å². The molecule has 1 N–H and O–H groups in total.